The van der Waals surface area contributed by atoms with Gasteiger partial charge in [0.2, 0.25) is 5.91 Å². The van der Waals surface area contributed by atoms with Crippen molar-refractivity contribution in [1.29, 1.82) is 0 Å². The highest BCUT2D eigenvalue weighted by atomic mass is 32.1. The molecule has 0 bridgehead atoms. The normalized spacial score (nSPS) is 16.8. The molecule has 9 heteroatoms. The van der Waals surface area contributed by atoms with Crippen molar-refractivity contribution >= 4 is 34.9 Å². The largest absolute Gasteiger partial charge is 0.478 e. The van der Waals surface area contributed by atoms with E-state index >= 15 is 0 Å². The Morgan fingerprint density at radius 3 is 2.58 bits per heavy atom. The van der Waals surface area contributed by atoms with Crippen molar-refractivity contribution < 1.29 is 14.7 Å². The lowest BCUT2D eigenvalue weighted by Gasteiger charge is -2.29. The van der Waals surface area contributed by atoms with Gasteiger partial charge in [0.1, 0.15) is 0 Å². The summed E-state index contributed by atoms with van der Waals surface area (Å²) in [5.74, 6) is -1.07. The lowest BCUT2D eigenvalue weighted by atomic mass is 10.0. The van der Waals surface area contributed by atoms with Crippen LogP contribution in [-0.4, -0.2) is 43.1 Å². The van der Waals surface area contributed by atoms with E-state index in [1.165, 1.54) is 0 Å². The highest BCUT2D eigenvalue weighted by molar-refractivity contribution is 7.80. The molecule has 1 saturated heterocycles. The first-order valence-electron chi connectivity index (χ1n) is 12.3. The predicted octanol–water partition coefficient (Wildman–Crippen LogP) is 4.88. The van der Waals surface area contributed by atoms with E-state index in [1.807, 2.05) is 77.2 Å². The van der Waals surface area contributed by atoms with E-state index in [1.54, 1.807) is 30.5 Å². The van der Waals surface area contributed by atoms with E-state index in [0.717, 1.165) is 28.3 Å². The molecule has 8 nitrogen and oxygen atoms in total. The molecular weight excluding hydrogens is 498 g/mol. The average Bonchev–Trinajstić information content (AvgIpc) is 3.52. The number of nitrogens with one attached hydrogen (secondary N) is 2. The molecule has 1 aliphatic heterocycles. The Morgan fingerprint density at radius 2 is 1.87 bits per heavy atom. The molecule has 0 radical (unpaired) electrons. The second-order valence-corrected chi connectivity index (χ2v) is 9.53. The number of anilines is 1. The summed E-state index contributed by atoms with van der Waals surface area (Å²) >= 11 is 5.75. The number of carbonyl (C=O) groups excluding carboxylic acids is 1. The summed E-state index contributed by atoms with van der Waals surface area (Å²) < 4.78 is 2.02. The van der Waals surface area contributed by atoms with Crippen LogP contribution in [0.2, 0.25) is 0 Å². The zero-order chi connectivity index (χ0) is 26.6. The van der Waals surface area contributed by atoms with Gasteiger partial charge in [0, 0.05) is 42.4 Å². The Balaban J connectivity index is 1.44. The third-order valence-corrected chi connectivity index (χ3v) is 6.91. The van der Waals surface area contributed by atoms with Gasteiger partial charge in [-0.3, -0.25) is 9.78 Å². The average molecular weight is 526 g/mol. The molecule has 3 heterocycles. The smallest absolute Gasteiger partial charge is 0.335 e. The maximum Gasteiger partial charge on any atom is 0.335 e. The standard InChI is InChI=1S/C29H27N5O3S/c1-19-6-4-7-21(18-19)31-25(35)14-17-34-27(26(32-29(34)38)23-8-2-3-15-30-23)24-9-5-16-33(24)22-12-10-20(11-13-22)28(36)37/h2-13,15-16,18,26-27H,14,17H2,1H3,(H,31,35)(H,32,38)(H,36,37)/t26-,27-/m0/s1. The van der Waals surface area contributed by atoms with Gasteiger partial charge >= 0.3 is 5.97 Å². The number of carboxylic acids is 1. The van der Waals surface area contributed by atoms with Gasteiger partial charge in [0.25, 0.3) is 0 Å². The van der Waals surface area contributed by atoms with Crippen molar-refractivity contribution in [1.82, 2.24) is 19.8 Å². The van der Waals surface area contributed by atoms with Gasteiger partial charge < -0.3 is 25.2 Å². The van der Waals surface area contributed by atoms with Crippen LogP contribution in [0.1, 0.15) is 45.8 Å². The van der Waals surface area contributed by atoms with Crippen molar-refractivity contribution in [2.24, 2.45) is 0 Å². The number of thiocarbonyl (C=S) groups is 1. The summed E-state index contributed by atoms with van der Waals surface area (Å²) in [6, 6.07) is 23.7. The Labute approximate surface area is 225 Å². The molecule has 0 unspecified atom stereocenters. The SMILES string of the molecule is Cc1cccc(NC(=O)CCN2C(=S)N[C@@H](c3ccccn3)[C@@H]2c2cccn2-c2ccc(C(=O)O)cc2)c1. The van der Waals surface area contributed by atoms with Crippen LogP contribution in [0.5, 0.6) is 0 Å². The highest BCUT2D eigenvalue weighted by Gasteiger charge is 2.41. The van der Waals surface area contributed by atoms with E-state index in [0.29, 0.717) is 11.7 Å². The fraction of sp³-hybridized carbons (Fsp3) is 0.172. The molecule has 2 aromatic heterocycles. The molecule has 1 aliphatic rings. The van der Waals surface area contributed by atoms with E-state index in [-0.39, 0.29) is 30.0 Å². The van der Waals surface area contributed by atoms with Gasteiger partial charge in [-0.2, -0.15) is 0 Å². The quantitative estimate of drug-likeness (QED) is 0.282. The van der Waals surface area contributed by atoms with Crippen molar-refractivity contribution in [3.63, 3.8) is 0 Å². The molecule has 2 atom stereocenters. The number of benzene rings is 2. The number of rotatable bonds is 8. The maximum atomic E-state index is 12.8. The number of hydrogen-bond donors (Lipinski definition) is 3. The molecule has 1 amide bonds. The van der Waals surface area contributed by atoms with Gasteiger partial charge in [0.15, 0.2) is 5.11 Å². The maximum absolute atomic E-state index is 12.8. The third kappa shape index (κ3) is 5.28. The van der Waals surface area contributed by atoms with E-state index in [9.17, 15) is 14.7 Å². The lowest BCUT2D eigenvalue weighted by Crippen LogP contribution is -2.33. The van der Waals surface area contributed by atoms with Crippen molar-refractivity contribution in [3.8, 4) is 5.69 Å². The molecule has 0 saturated carbocycles. The van der Waals surface area contributed by atoms with Gasteiger partial charge in [-0.25, -0.2) is 4.79 Å². The highest BCUT2D eigenvalue weighted by Crippen LogP contribution is 2.39. The van der Waals surface area contributed by atoms with Crippen LogP contribution in [0.25, 0.3) is 5.69 Å². The number of carboxylic acid groups (broad SMARTS) is 1. The predicted molar refractivity (Wildman–Crippen MR) is 149 cm³/mol. The number of aromatic carboxylic acids is 1. The first kappa shape index (κ1) is 25.2. The summed E-state index contributed by atoms with van der Waals surface area (Å²) in [5, 5.41) is 16.2. The Hall–Kier alpha value is -4.50. The van der Waals surface area contributed by atoms with Crippen LogP contribution in [-0.2, 0) is 4.79 Å². The topological polar surface area (TPSA) is 99.5 Å². The molecule has 0 spiro atoms. The van der Waals surface area contributed by atoms with Crippen LogP contribution in [0.4, 0.5) is 5.69 Å². The molecule has 4 aromatic rings. The molecule has 38 heavy (non-hydrogen) atoms. The molecule has 0 aliphatic carbocycles. The molecule has 3 N–H and O–H groups in total. The molecule has 192 valence electrons. The van der Waals surface area contributed by atoms with Gasteiger partial charge in [-0.1, -0.05) is 18.2 Å². The monoisotopic (exact) mass is 525 g/mol. The Morgan fingerprint density at radius 1 is 1.05 bits per heavy atom. The first-order chi connectivity index (χ1) is 18.4. The number of aryl methyl sites for hydroxylation is 1. The van der Waals surface area contributed by atoms with E-state index in [2.05, 4.69) is 15.6 Å². The second kappa shape index (κ2) is 10.9. The number of pyridine rings is 1. The number of amides is 1. The minimum atomic E-state index is -0.972. The van der Waals surface area contributed by atoms with Crippen LogP contribution < -0.4 is 10.6 Å². The zero-order valence-corrected chi connectivity index (χ0v) is 21.6. The minimum absolute atomic E-state index is 0.0990. The number of hydrogen-bond acceptors (Lipinski definition) is 4. The second-order valence-electron chi connectivity index (χ2n) is 9.14. The fourth-order valence-corrected chi connectivity index (χ4v) is 5.10. The fourth-order valence-electron chi connectivity index (χ4n) is 4.77. The van der Waals surface area contributed by atoms with Gasteiger partial charge in [0.05, 0.1) is 23.3 Å². The van der Waals surface area contributed by atoms with E-state index < -0.39 is 5.97 Å². The summed E-state index contributed by atoms with van der Waals surface area (Å²) in [6.07, 6.45) is 3.93. The lowest BCUT2D eigenvalue weighted by molar-refractivity contribution is -0.116. The summed E-state index contributed by atoms with van der Waals surface area (Å²) in [7, 11) is 0. The Bertz CT molecular complexity index is 1470. The van der Waals surface area contributed by atoms with E-state index in [4.69, 9.17) is 12.2 Å². The number of carbonyl (C=O) groups is 2. The number of aromatic nitrogens is 2. The molecule has 2 aromatic carbocycles. The first-order valence-corrected chi connectivity index (χ1v) is 12.7. The van der Waals surface area contributed by atoms with Crippen molar-refractivity contribution in [3.05, 3.63) is 114 Å². The summed E-state index contributed by atoms with van der Waals surface area (Å²) in [4.78, 5) is 30.8. The Kier molecular flexibility index (Phi) is 7.19. The van der Waals surface area contributed by atoms with Gasteiger partial charge in [-0.05, 0) is 85.4 Å². The molecule has 1 fully saturated rings. The zero-order valence-electron chi connectivity index (χ0n) is 20.7. The van der Waals surface area contributed by atoms with Crippen LogP contribution in [0.15, 0.2) is 91.3 Å². The third-order valence-electron chi connectivity index (χ3n) is 6.56. The van der Waals surface area contributed by atoms with Crippen LogP contribution in [0.3, 0.4) is 0 Å². The summed E-state index contributed by atoms with van der Waals surface area (Å²) in [5.41, 5.74) is 4.65. The van der Waals surface area contributed by atoms with Crippen molar-refractivity contribution in [2.75, 3.05) is 11.9 Å². The molecular formula is C29H27N5O3S. The van der Waals surface area contributed by atoms with Crippen LogP contribution in [0, 0.1) is 6.92 Å². The minimum Gasteiger partial charge on any atom is -0.478 e. The molecule has 5 rings (SSSR count). The van der Waals surface area contributed by atoms with Gasteiger partial charge in [-0.15, -0.1) is 0 Å². The summed E-state index contributed by atoms with van der Waals surface area (Å²) in [6.45, 7) is 2.39. The van der Waals surface area contributed by atoms with Crippen LogP contribution >= 0.6 is 12.2 Å². The number of nitrogens with zero attached hydrogens (tertiary/aromatic N) is 3. The van der Waals surface area contributed by atoms with Crippen molar-refractivity contribution in [2.45, 2.75) is 25.4 Å².